The fourth-order valence-corrected chi connectivity index (χ4v) is 3.22. The molecule has 3 nitrogen and oxygen atoms in total. The minimum atomic E-state index is -0.112. The SMILES string of the molecule is CCC1(C(=O)N2CCC(C)(C)C2)CCCNC1. The average molecular weight is 238 g/mol. The topological polar surface area (TPSA) is 32.3 Å². The Morgan fingerprint density at radius 1 is 1.35 bits per heavy atom. The first-order valence-corrected chi connectivity index (χ1v) is 6.99. The van der Waals surface area contributed by atoms with Crippen molar-refractivity contribution in [2.75, 3.05) is 26.2 Å². The van der Waals surface area contributed by atoms with E-state index < -0.39 is 0 Å². The number of rotatable bonds is 2. The van der Waals surface area contributed by atoms with Crippen molar-refractivity contribution in [3.63, 3.8) is 0 Å². The van der Waals surface area contributed by atoms with E-state index in [4.69, 9.17) is 0 Å². The van der Waals surface area contributed by atoms with Gasteiger partial charge in [0.05, 0.1) is 5.41 Å². The van der Waals surface area contributed by atoms with Gasteiger partial charge in [0.25, 0.3) is 0 Å². The Hall–Kier alpha value is -0.570. The zero-order valence-corrected chi connectivity index (χ0v) is 11.5. The summed E-state index contributed by atoms with van der Waals surface area (Å²) < 4.78 is 0. The van der Waals surface area contributed by atoms with E-state index in [1.165, 1.54) is 0 Å². The number of nitrogens with zero attached hydrogens (tertiary/aromatic N) is 1. The van der Waals surface area contributed by atoms with Crippen LogP contribution in [0.15, 0.2) is 0 Å². The molecule has 0 saturated carbocycles. The highest BCUT2D eigenvalue weighted by Gasteiger charge is 2.43. The molecular weight excluding hydrogens is 212 g/mol. The second-order valence-corrected chi connectivity index (χ2v) is 6.56. The fourth-order valence-electron chi connectivity index (χ4n) is 3.22. The maximum atomic E-state index is 12.7. The minimum absolute atomic E-state index is 0.112. The number of likely N-dealkylation sites (tertiary alicyclic amines) is 1. The molecule has 1 unspecified atom stereocenters. The summed E-state index contributed by atoms with van der Waals surface area (Å²) in [7, 11) is 0. The van der Waals surface area contributed by atoms with Gasteiger partial charge in [-0.2, -0.15) is 0 Å². The molecule has 1 N–H and O–H groups in total. The highest BCUT2D eigenvalue weighted by atomic mass is 16.2. The third-order valence-corrected chi connectivity index (χ3v) is 4.57. The Labute approximate surface area is 105 Å². The first kappa shape index (κ1) is 12.9. The molecule has 2 rings (SSSR count). The average Bonchev–Trinajstić information content (AvgIpc) is 2.69. The van der Waals surface area contributed by atoms with Crippen LogP contribution >= 0.6 is 0 Å². The smallest absolute Gasteiger partial charge is 0.230 e. The van der Waals surface area contributed by atoms with Crippen LogP contribution in [-0.4, -0.2) is 37.0 Å². The van der Waals surface area contributed by atoms with Crippen LogP contribution in [0.25, 0.3) is 0 Å². The number of piperidine rings is 1. The fraction of sp³-hybridized carbons (Fsp3) is 0.929. The van der Waals surface area contributed by atoms with Crippen LogP contribution < -0.4 is 5.32 Å². The lowest BCUT2D eigenvalue weighted by molar-refractivity contribution is -0.142. The van der Waals surface area contributed by atoms with E-state index in [1.807, 2.05) is 0 Å². The van der Waals surface area contributed by atoms with E-state index in [1.54, 1.807) is 0 Å². The molecule has 0 radical (unpaired) electrons. The highest BCUT2D eigenvalue weighted by Crippen LogP contribution is 2.36. The van der Waals surface area contributed by atoms with Crippen molar-refractivity contribution < 1.29 is 4.79 Å². The van der Waals surface area contributed by atoms with Gasteiger partial charge in [-0.05, 0) is 37.6 Å². The van der Waals surface area contributed by atoms with E-state index in [0.717, 1.165) is 51.9 Å². The maximum absolute atomic E-state index is 12.7. The second-order valence-electron chi connectivity index (χ2n) is 6.56. The molecule has 0 spiro atoms. The molecule has 0 aromatic rings. The van der Waals surface area contributed by atoms with Crippen LogP contribution in [0.2, 0.25) is 0 Å². The molecule has 1 atom stereocenters. The third-order valence-electron chi connectivity index (χ3n) is 4.57. The van der Waals surface area contributed by atoms with E-state index in [0.29, 0.717) is 11.3 Å². The Balaban J connectivity index is 2.07. The first-order chi connectivity index (χ1) is 7.99. The van der Waals surface area contributed by atoms with E-state index >= 15 is 0 Å². The number of carbonyl (C=O) groups excluding carboxylic acids is 1. The van der Waals surface area contributed by atoms with Gasteiger partial charge >= 0.3 is 0 Å². The van der Waals surface area contributed by atoms with E-state index in [9.17, 15) is 4.79 Å². The molecule has 2 fully saturated rings. The quantitative estimate of drug-likeness (QED) is 0.798. The minimum Gasteiger partial charge on any atom is -0.342 e. The van der Waals surface area contributed by atoms with Gasteiger partial charge in [-0.15, -0.1) is 0 Å². The molecule has 0 aromatic carbocycles. The predicted octanol–water partition coefficient (Wildman–Crippen LogP) is 2.02. The van der Waals surface area contributed by atoms with Crippen molar-refractivity contribution in [1.29, 1.82) is 0 Å². The summed E-state index contributed by atoms with van der Waals surface area (Å²) in [5.74, 6) is 0.401. The number of hydrogen-bond acceptors (Lipinski definition) is 2. The van der Waals surface area contributed by atoms with Crippen molar-refractivity contribution in [3.05, 3.63) is 0 Å². The van der Waals surface area contributed by atoms with Gasteiger partial charge in [-0.3, -0.25) is 4.79 Å². The first-order valence-electron chi connectivity index (χ1n) is 6.99. The van der Waals surface area contributed by atoms with Gasteiger partial charge in [-0.25, -0.2) is 0 Å². The van der Waals surface area contributed by atoms with Crippen LogP contribution in [0, 0.1) is 10.8 Å². The normalized spacial score (nSPS) is 32.8. The molecule has 2 saturated heterocycles. The second kappa shape index (κ2) is 4.60. The predicted molar refractivity (Wildman–Crippen MR) is 69.8 cm³/mol. The summed E-state index contributed by atoms with van der Waals surface area (Å²) >= 11 is 0. The summed E-state index contributed by atoms with van der Waals surface area (Å²) in [5.41, 5.74) is 0.200. The lowest BCUT2D eigenvalue weighted by atomic mass is 9.77. The van der Waals surface area contributed by atoms with Gasteiger partial charge in [0, 0.05) is 19.6 Å². The van der Waals surface area contributed by atoms with Crippen LogP contribution in [0.1, 0.15) is 46.5 Å². The van der Waals surface area contributed by atoms with Crippen molar-refractivity contribution in [3.8, 4) is 0 Å². The number of nitrogens with one attached hydrogen (secondary N) is 1. The standard InChI is InChI=1S/C14H26N2O/c1-4-14(6-5-8-15-10-14)12(17)16-9-7-13(2,3)11-16/h15H,4-11H2,1-3H3. The molecule has 0 aliphatic carbocycles. The molecule has 3 heteroatoms. The molecule has 2 heterocycles. The van der Waals surface area contributed by atoms with Gasteiger partial charge in [0.2, 0.25) is 5.91 Å². The summed E-state index contributed by atoms with van der Waals surface area (Å²) in [4.78, 5) is 14.8. The molecule has 1 amide bonds. The van der Waals surface area contributed by atoms with Crippen LogP contribution in [0.3, 0.4) is 0 Å². The van der Waals surface area contributed by atoms with Gasteiger partial charge in [0.1, 0.15) is 0 Å². The molecule has 98 valence electrons. The Morgan fingerprint density at radius 3 is 2.59 bits per heavy atom. The Bertz CT molecular complexity index is 293. The molecule has 17 heavy (non-hydrogen) atoms. The molecule has 0 aromatic heterocycles. The lowest BCUT2D eigenvalue weighted by Crippen LogP contribution is -2.51. The summed E-state index contributed by atoms with van der Waals surface area (Å²) in [6.07, 6.45) is 4.31. The van der Waals surface area contributed by atoms with Crippen molar-refractivity contribution >= 4 is 5.91 Å². The molecule has 2 aliphatic heterocycles. The van der Waals surface area contributed by atoms with Crippen LogP contribution in [0.5, 0.6) is 0 Å². The van der Waals surface area contributed by atoms with Crippen molar-refractivity contribution in [2.24, 2.45) is 10.8 Å². The van der Waals surface area contributed by atoms with Crippen LogP contribution in [0.4, 0.5) is 0 Å². The monoisotopic (exact) mass is 238 g/mol. The van der Waals surface area contributed by atoms with Crippen LogP contribution in [-0.2, 0) is 4.79 Å². The molecule has 2 aliphatic rings. The summed E-state index contributed by atoms with van der Waals surface area (Å²) in [6.45, 7) is 10.5. The van der Waals surface area contributed by atoms with Gasteiger partial charge in [0.15, 0.2) is 0 Å². The molecule has 0 bridgehead atoms. The summed E-state index contributed by atoms with van der Waals surface area (Å²) in [6, 6.07) is 0. The number of amides is 1. The summed E-state index contributed by atoms with van der Waals surface area (Å²) in [5, 5.41) is 3.40. The van der Waals surface area contributed by atoms with Gasteiger partial charge in [-0.1, -0.05) is 20.8 Å². The van der Waals surface area contributed by atoms with E-state index in [2.05, 4.69) is 31.0 Å². The largest absolute Gasteiger partial charge is 0.342 e. The number of carbonyl (C=O) groups is 1. The van der Waals surface area contributed by atoms with Crippen molar-refractivity contribution in [2.45, 2.75) is 46.5 Å². The van der Waals surface area contributed by atoms with Crippen molar-refractivity contribution in [1.82, 2.24) is 10.2 Å². The highest BCUT2D eigenvalue weighted by molar-refractivity contribution is 5.83. The Morgan fingerprint density at radius 2 is 2.12 bits per heavy atom. The maximum Gasteiger partial charge on any atom is 0.230 e. The zero-order valence-electron chi connectivity index (χ0n) is 11.5. The van der Waals surface area contributed by atoms with E-state index in [-0.39, 0.29) is 5.41 Å². The number of hydrogen-bond donors (Lipinski definition) is 1. The third kappa shape index (κ3) is 2.49. The molecular formula is C14H26N2O. The Kier molecular flexibility index (Phi) is 3.48. The lowest BCUT2D eigenvalue weighted by Gasteiger charge is -2.38. The zero-order chi connectivity index (χ0) is 12.5. The van der Waals surface area contributed by atoms with Gasteiger partial charge < -0.3 is 10.2 Å².